The Bertz CT molecular complexity index is 367. The zero-order chi connectivity index (χ0) is 13.5. The van der Waals surface area contributed by atoms with E-state index in [1.165, 1.54) is 0 Å². The summed E-state index contributed by atoms with van der Waals surface area (Å²) in [7, 11) is 0. The molecular weight excluding hydrogens is 228 g/mol. The molecule has 0 spiro atoms. The van der Waals surface area contributed by atoms with Gasteiger partial charge in [-0.15, -0.1) is 0 Å². The molecule has 0 amide bonds. The van der Waals surface area contributed by atoms with Crippen LogP contribution in [0.15, 0.2) is 18.2 Å². The van der Waals surface area contributed by atoms with E-state index in [2.05, 4.69) is 5.32 Å². The first kappa shape index (κ1) is 14.6. The highest BCUT2D eigenvalue weighted by Gasteiger charge is 2.05. The Morgan fingerprint density at radius 3 is 2.72 bits per heavy atom. The number of aliphatic hydroxyl groups excluding tert-OH is 1. The van der Waals surface area contributed by atoms with Crippen molar-refractivity contribution in [1.29, 1.82) is 0 Å². The van der Waals surface area contributed by atoms with Crippen molar-refractivity contribution in [2.75, 3.05) is 17.6 Å². The minimum absolute atomic E-state index is 0.101. The van der Waals surface area contributed by atoms with Gasteiger partial charge in [0.15, 0.2) is 0 Å². The van der Waals surface area contributed by atoms with Crippen molar-refractivity contribution < 1.29 is 9.84 Å². The summed E-state index contributed by atoms with van der Waals surface area (Å²) >= 11 is 0. The van der Waals surface area contributed by atoms with Gasteiger partial charge >= 0.3 is 0 Å². The summed E-state index contributed by atoms with van der Waals surface area (Å²) in [5, 5.41) is 12.7. The minimum atomic E-state index is -0.238. The number of hydrogen-bond donors (Lipinski definition) is 3. The second-order valence-corrected chi connectivity index (χ2v) is 4.70. The van der Waals surface area contributed by atoms with Gasteiger partial charge < -0.3 is 20.9 Å². The number of benzene rings is 1. The summed E-state index contributed by atoms with van der Waals surface area (Å²) in [6.07, 6.45) is 1.38. The zero-order valence-electron chi connectivity index (χ0n) is 11.4. The molecule has 0 saturated carbocycles. The van der Waals surface area contributed by atoms with Crippen molar-refractivity contribution >= 4 is 11.4 Å². The lowest BCUT2D eigenvalue weighted by molar-refractivity contribution is 0.164. The van der Waals surface area contributed by atoms with Crippen LogP contribution >= 0.6 is 0 Å². The molecule has 1 aromatic rings. The quantitative estimate of drug-likeness (QED) is 0.653. The summed E-state index contributed by atoms with van der Waals surface area (Å²) in [6.45, 7) is 6.65. The zero-order valence-corrected chi connectivity index (χ0v) is 11.4. The van der Waals surface area contributed by atoms with Crippen LogP contribution in [0.4, 0.5) is 11.4 Å². The Balaban J connectivity index is 2.56. The molecule has 0 fully saturated rings. The average Bonchev–Trinajstić information content (AvgIpc) is 2.32. The van der Waals surface area contributed by atoms with E-state index in [1.807, 2.05) is 39.0 Å². The molecular formula is C14H24N2O2. The molecule has 0 radical (unpaired) electrons. The van der Waals surface area contributed by atoms with Crippen LogP contribution in [0.3, 0.4) is 0 Å². The molecule has 0 bridgehead atoms. The maximum Gasteiger partial charge on any atom is 0.144 e. The maximum atomic E-state index is 9.47. The van der Waals surface area contributed by atoms with Crippen molar-refractivity contribution in [3.8, 4) is 5.75 Å². The Hall–Kier alpha value is -1.42. The van der Waals surface area contributed by atoms with Gasteiger partial charge in [0.05, 0.1) is 17.9 Å². The first-order chi connectivity index (χ1) is 8.52. The van der Waals surface area contributed by atoms with E-state index in [9.17, 15) is 5.11 Å². The summed E-state index contributed by atoms with van der Waals surface area (Å²) in [5.74, 6) is 0.700. The fourth-order valence-corrected chi connectivity index (χ4v) is 1.59. The van der Waals surface area contributed by atoms with Crippen LogP contribution in [0.2, 0.25) is 0 Å². The van der Waals surface area contributed by atoms with Crippen LogP contribution in [0.1, 0.15) is 33.6 Å². The third-order valence-corrected chi connectivity index (χ3v) is 2.65. The first-order valence-electron chi connectivity index (χ1n) is 6.51. The third-order valence-electron chi connectivity index (χ3n) is 2.65. The molecule has 102 valence electrons. The summed E-state index contributed by atoms with van der Waals surface area (Å²) < 4.78 is 5.62. The predicted octanol–water partition coefficient (Wildman–Crippen LogP) is 2.63. The highest BCUT2D eigenvalue weighted by Crippen LogP contribution is 2.26. The van der Waals surface area contributed by atoms with Crippen LogP contribution in [-0.2, 0) is 0 Å². The Kier molecular flexibility index (Phi) is 5.78. The molecule has 18 heavy (non-hydrogen) atoms. The minimum Gasteiger partial charge on any atom is -0.489 e. The van der Waals surface area contributed by atoms with E-state index in [1.54, 1.807) is 0 Å². The Morgan fingerprint density at radius 1 is 1.39 bits per heavy atom. The lowest BCUT2D eigenvalue weighted by Crippen LogP contribution is -2.12. The largest absolute Gasteiger partial charge is 0.489 e. The fraction of sp³-hybridized carbons (Fsp3) is 0.571. The molecule has 1 rings (SSSR count). The molecule has 4 N–H and O–H groups in total. The summed E-state index contributed by atoms with van der Waals surface area (Å²) in [6, 6.07) is 5.64. The molecule has 1 atom stereocenters. The molecule has 0 aliphatic heterocycles. The van der Waals surface area contributed by atoms with Gasteiger partial charge in [-0.2, -0.15) is 0 Å². The van der Waals surface area contributed by atoms with Gasteiger partial charge in [-0.3, -0.25) is 0 Å². The number of hydrogen-bond acceptors (Lipinski definition) is 4. The third kappa shape index (κ3) is 4.84. The van der Waals surface area contributed by atoms with E-state index in [4.69, 9.17) is 10.5 Å². The highest BCUT2D eigenvalue weighted by molar-refractivity contribution is 5.61. The van der Waals surface area contributed by atoms with Gasteiger partial charge in [0.25, 0.3) is 0 Å². The fourth-order valence-electron chi connectivity index (χ4n) is 1.59. The van der Waals surface area contributed by atoms with Gasteiger partial charge in [-0.1, -0.05) is 6.92 Å². The molecule has 0 aromatic heterocycles. The van der Waals surface area contributed by atoms with E-state index in [0.29, 0.717) is 11.4 Å². The molecule has 0 saturated heterocycles. The lowest BCUT2D eigenvalue weighted by atomic mass is 10.2. The predicted molar refractivity (Wildman–Crippen MR) is 76.0 cm³/mol. The van der Waals surface area contributed by atoms with E-state index >= 15 is 0 Å². The monoisotopic (exact) mass is 252 g/mol. The molecule has 1 unspecified atom stereocenters. The van der Waals surface area contributed by atoms with Crippen LogP contribution < -0.4 is 15.8 Å². The van der Waals surface area contributed by atoms with Crippen LogP contribution in [-0.4, -0.2) is 23.9 Å². The van der Waals surface area contributed by atoms with Gasteiger partial charge in [-0.05, 0) is 38.8 Å². The number of rotatable bonds is 7. The van der Waals surface area contributed by atoms with E-state index in [-0.39, 0.29) is 12.2 Å². The number of aliphatic hydroxyl groups is 1. The van der Waals surface area contributed by atoms with Crippen LogP contribution in [0, 0.1) is 0 Å². The highest BCUT2D eigenvalue weighted by atomic mass is 16.5. The van der Waals surface area contributed by atoms with Crippen molar-refractivity contribution in [1.82, 2.24) is 0 Å². The molecule has 4 heteroatoms. The van der Waals surface area contributed by atoms with E-state index in [0.717, 1.165) is 25.1 Å². The first-order valence-corrected chi connectivity index (χ1v) is 6.51. The average molecular weight is 252 g/mol. The second kappa shape index (κ2) is 7.11. The van der Waals surface area contributed by atoms with Crippen LogP contribution in [0.25, 0.3) is 0 Å². The summed E-state index contributed by atoms with van der Waals surface area (Å²) in [5.41, 5.74) is 7.45. The standard InChI is InChI=1S/C14H24N2O2/c1-4-12(17)7-8-16-11-5-6-13(15)14(9-11)18-10(2)3/h5-6,9-10,12,16-17H,4,7-8,15H2,1-3H3. The number of anilines is 2. The topological polar surface area (TPSA) is 67.5 Å². The number of ether oxygens (including phenoxy) is 1. The van der Waals surface area contributed by atoms with E-state index < -0.39 is 0 Å². The number of nitrogens with two attached hydrogens (primary N) is 1. The Morgan fingerprint density at radius 2 is 2.11 bits per heavy atom. The van der Waals surface area contributed by atoms with Crippen molar-refractivity contribution in [3.63, 3.8) is 0 Å². The van der Waals surface area contributed by atoms with Gasteiger partial charge in [0, 0.05) is 18.3 Å². The molecule has 0 aliphatic rings. The molecule has 4 nitrogen and oxygen atoms in total. The van der Waals surface area contributed by atoms with Crippen LogP contribution in [0.5, 0.6) is 5.75 Å². The normalized spacial score (nSPS) is 12.5. The van der Waals surface area contributed by atoms with Crippen molar-refractivity contribution in [2.45, 2.75) is 45.8 Å². The van der Waals surface area contributed by atoms with Crippen molar-refractivity contribution in [2.24, 2.45) is 0 Å². The van der Waals surface area contributed by atoms with Gasteiger partial charge in [-0.25, -0.2) is 0 Å². The molecule has 0 aliphatic carbocycles. The lowest BCUT2D eigenvalue weighted by Gasteiger charge is -2.15. The van der Waals surface area contributed by atoms with Gasteiger partial charge in [0.1, 0.15) is 5.75 Å². The number of nitrogen functional groups attached to an aromatic ring is 1. The second-order valence-electron chi connectivity index (χ2n) is 4.70. The number of nitrogens with one attached hydrogen (secondary N) is 1. The molecule has 1 aromatic carbocycles. The maximum absolute atomic E-state index is 9.47. The summed E-state index contributed by atoms with van der Waals surface area (Å²) in [4.78, 5) is 0. The van der Waals surface area contributed by atoms with Gasteiger partial charge in [0.2, 0.25) is 0 Å². The smallest absolute Gasteiger partial charge is 0.144 e. The SMILES string of the molecule is CCC(O)CCNc1ccc(N)c(OC(C)C)c1. The Labute approximate surface area is 109 Å². The van der Waals surface area contributed by atoms with Crippen molar-refractivity contribution in [3.05, 3.63) is 18.2 Å². The molecule has 0 heterocycles.